The third-order valence-corrected chi connectivity index (χ3v) is 7.53. The number of pyridine rings is 1. The first kappa shape index (κ1) is 31.9. The first-order valence-corrected chi connectivity index (χ1v) is 14.4. The molecular weight excluding hydrogens is 599 g/mol. The number of rotatable bonds is 10. The van der Waals surface area contributed by atoms with E-state index in [2.05, 4.69) is 10.3 Å². The number of alkyl halides is 3. The highest BCUT2D eigenvalue weighted by atomic mass is 19.4. The summed E-state index contributed by atoms with van der Waals surface area (Å²) in [5, 5.41) is 2.56. The molecule has 3 aromatic carbocycles. The molecule has 3 amide bonds. The van der Waals surface area contributed by atoms with Crippen molar-refractivity contribution < 1.29 is 32.3 Å². The largest absolute Gasteiger partial charge is 0.481 e. The Morgan fingerprint density at radius 2 is 1.59 bits per heavy atom. The van der Waals surface area contributed by atoms with Crippen molar-refractivity contribution in [3.63, 3.8) is 0 Å². The van der Waals surface area contributed by atoms with Crippen molar-refractivity contribution in [3.8, 4) is 5.88 Å². The maximum absolute atomic E-state index is 14.4. The lowest BCUT2D eigenvalue weighted by Gasteiger charge is -2.28. The van der Waals surface area contributed by atoms with E-state index in [9.17, 15) is 27.6 Å². The van der Waals surface area contributed by atoms with Crippen LogP contribution >= 0.6 is 0 Å². The van der Waals surface area contributed by atoms with Crippen LogP contribution in [0.5, 0.6) is 5.88 Å². The van der Waals surface area contributed by atoms with Crippen molar-refractivity contribution >= 4 is 34.9 Å². The number of carbonyl (C=O) groups is 3. The quantitative estimate of drug-likeness (QED) is 0.247. The summed E-state index contributed by atoms with van der Waals surface area (Å²) in [6.45, 7) is 0. The van der Waals surface area contributed by atoms with Gasteiger partial charge in [-0.3, -0.25) is 19.3 Å². The van der Waals surface area contributed by atoms with Gasteiger partial charge in [0.25, 0.3) is 5.91 Å². The summed E-state index contributed by atoms with van der Waals surface area (Å²) in [4.78, 5) is 51.5. The van der Waals surface area contributed by atoms with E-state index in [-0.39, 0.29) is 17.3 Å². The maximum atomic E-state index is 14.4. The van der Waals surface area contributed by atoms with E-state index in [0.717, 1.165) is 0 Å². The van der Waals surface area contributed by atoms with Gasteiger partial charge in [0, 0.05) is 23.6 Å². The number of halogens is 3. The number of aromatic nitrogens is 1. The second-order valence-corrected chi connectivity index (χ2v) is 10.5. The van der Waals surface area contributed by atoms with Gasteiger partial charge in [-0.1, -0.05) is 84.9 Å². The normalized spacial score (nSPS) is 16.0. The summed E-state index contributed by atoms with van der Waals surface area (Å²) in [6, 6.07) is 28.6. The van der Waals surface area contributed by atoms with Crippen LogP contribution in [0, 0.1) is 5.92 Å². The zero-order valence-electron chi connectivity index (χ0n) is 24.6. The van der Waals surface area contributed by atoms with Crippen molar-refractivity contribution in [2.24, 2.45) is 16.6 Å². The Kier molecular flexibility index (Phi) is 9.45. The average Bonchev–Trinajstić information content (AvgIpc) is 3.17. The number of primary amides is 1. The number of benzodiazepines with no additional fused rings is 1. The number of ether oxygens (including phenoxy) is 1. The summed E-state index contributed by atoms with van der Waals surface area (Å²) < 4.78 is 45.7. The number of benzene rings is 3. The van der Waals surface area contributed by atoms with Gasteiger partial charge in [-0.25, -0.2) is 4.99 Å². The fourth-order valence-electron chi connectivity index (χ4n) is 5.43. The summed E-state index contributed by atoms with van der Waals surface area (Å²) in [5.74, 6) is -5.31. The van der Waals surface area contributed by atoms with Crippen LogP contribution in [0.3, 0.4) is 0 Å². The van der Waals surface area contributed by atoms with E-state index in [1.807, 2.05) is 6.07 Å². The van der Waals surface area contributed by atoms with Gasteiger partial charge in [0.05, 0.1) is 30.3 Å². The molecule has 12 heteroatoms. The predicted molar refractivity (Wildman–Crippen MR) is 166 cm³/mol. The van der Waals surface area contributed by atoms with Crippen LogP contribution in [-0.4, -0.2) is 47.9 Å². The highest BCUT2D eigenvalue weighted by molar-refractivity contribution is 6.21. The second kappa shape index (κ2) is 13.6. The topological polar surface area (TPSA) is 127 Å². The number of aliphatic imine (C=N–C) groups is 1. The molecule has 0 saturated heterocycles. The Morgan fingerprint density at radius 3 is 2.24 bits per heavy atom. The van der Waals surface area contributed by atoms with Crippen LogP contribution in [0.1, 0.15) is 35.4 Å². The van der Waals surface area contributed by atoms with E-state index >= 15 is 0 Å². The molecule has 46 heavy (non-hydrogen) atoms. The zero-order valence-corrected chi connectivity index (χ0v) is 24.6. The number of nitrogens with zero attached hydrogens (tertiary/aromatic N) is 3. The Morgan fingerprint density at radius 1 is 0.935 bits per heavy atom. The Hall–Kier alpha value is -5.52. The number of nitrogens with one attached hydrogen (secondary N) is 1. The fourth-order valence-corrected chi connectivity index (χ4v) is 5.43. The molecule has 1 aliphatic rings. The monoisotopic (exact) mass is 629 g/mol. The second-order valence-electron chi connectivity index (χ2n) is 10.5. The van der Waals surface area contributed by atoms with Crippen LogP contribution in [0.15, 0.2) is 108 Å². The minimum absolute atomic E-state index is 0.161. The van der Waals surface area contributed by atoms with Crippen LogP contribution in [0.4, 0.5) is 24.7 Å². The molecule has 0 radical (unpaired) electrons. The van der Waals surface area contributed by atoms with E-state index in [4.69, 9.17) is 15.5 Å². The molecule has 0 spiro atoms. The molecule has 1 aromatic heterocycles. The van der Waals surface area contributed by atoms with Gasteiger partial charge in [0.1, 0.15) is 5.82 Å². The van der Waals surface area contributed by atoms with Gasteiger partial charge in [-0.15, -0.1) is 0 Å². The lowest BCUT2D eigenvalue weighted by atomic mass is 9.81. The minimum atomic E-state index is -4.62. The standard InChI is InChI=1S/C34H30F3N5O4/c1-46-27-18-10-17-26(39-27)42-25-16-9-8-15-23(25)29(22-13-6-3-7-14-22)40-31(33(42)45)41-32(44)24(19-20-34(35,36)37)28(30(38)43)21-11-4-2-5-12-21/h2-18,24,28,31H,19-20H2,1H3,(H2,38,43)(H,41,44)/t24?,28?,31-/m1/s1. The highest BCUT2D eigenvalue weighted by Gasteiger charge is 2.41. The first-order chi connectivity index (χ1) is 22.1. The number of hydrogen-bond donors (Lipinski definition) is 2. The number of anilines is 2. The molecule has 0 fully saturated rings. The number of para-hydroxylation sites is 1. The number of amides is 3. The summed E-state index contributed by atoms with van der Waals surface area (Å²) in [7, 11) is 1.42. The van der Waals surface area contributed by atoms with Gasteiger partial charge in [-0.2, -0.15) is 18.2 Å². The van der Waals surface area contributed by atoms with E-state index in [0.29, 0.717) is 22.5 Å². The molecule has 3 N–H and O–H groups in total. The Balaban J connectivity index is 1.63. The third-order valence-electron chi connectivity index (χ3n) is 7.53. The lowest BCUT2D eigenvalue weighted by Crippen LogP contribution is -2.49. The number of carbonyl (C=O) groups excluding carboxylic acids is 3. The van der Waals surface area contributed by atoms with Gasteiger partial charge in [0.15, 0.2) is 0 Å². The van der Waals surface area contributed by atoms with Crippen molar-refractivity contribution in [1.29, 1.82) is 0 Å². The molecule has 0 saturated carbocycles. The van der Waals surface area contributed by atoms with E-state index in [1.54, 1.807) is 84.9 Å². The molecule has 4 aromatic rings. The molecule has 2 heterocycles. The lowest BCUT2D eigenvalue weighted by molar-refractivity contribution is -0.144. The number of hydrogen-bond acceptors (Lipinski definition) is 6. The van der Waals surface area contributed by atoms with Gasteiger partial charge in [-0.05, 0) is 24.1 Å². The minimum Gasteiger partial charge on any atom is -0.481 e. The first-order valence-electron chi connectivity index (χ1n) is 14.4. The van der Waals surface area contributed by atoms with Gasteiger partial charge in [0.2, 0.25) is 23.9 Å². The molecule has 236 valence electrons. The predicted octanol–water partition coefficient (Wildman–Crippen LogP) is 5.28. The zero-order chi connectivity index (χ0) is 32.8. The summed E-state index contributed by atoms with van der Waals surface area (Å²) in [6.07, 6.45) is -8.36. The molecular formula is C34H30F3N5O4. The third kappa shape index (κ3) is 7.06. The van der Waals surface area contributed by atoms with Crippen LogP contribution in [0.25, 0.3) is 0 Å². The molecule has 5 rings (SSSR count). The van der Waals surface area contributed by atoms with E-state index < -0.39 is 54.7 Å². The van der Waals surface area contributed by atoms with Crippen molar-refractivity contribution in [2.75, 3.05) is 12.0 Å². The smallest absolute Gasteiger partial charge is 0.389 e. The van der Waals surface area contributed by atoms with Crippen LogP contribution in [0.2, 0.25) is 0 Å². The highest BCUT2D eigenvalue weighted by Crippen LogP contribution is 2.36. The van der Waals surface area contributed by atoms with Crippen molar-refractivity contribution in [2.45, 2.75) is 31.1 Å². The molecule has 2 unspecified atom stereocenters. The van der Waals surface area contributed by atoms with E-state index in [1.165, 1.54) is 24.1 Å². The van der Waals surface area contributed by atoms with Gasteiger partial charge < -0.3 is 15.8 Å². The summed E-state index contributed by atoms with van der Waals surface area (Å²) >= 11 is 0. The van der Waals surface area contributed by atoms with Crippen molar-refractivity contribution in [3.05, 3.63) is 120 Å². The number of methoxy groups -OCH3 is 1. The van der Waals surface area contributed by atoms with Gasteiger partial charge >= 0.3 is 6.18 Å². The van der Waals surface area contributed by atoms with Crippen LogP contribution < -0.4 is 20.7 Å². The Bertz CT molecular complexity index is 1750. The summed E-state index contributed by atoms with van der Waals surface area (Å²) in [5.41, 5.74) is 7.87. The molecule has 0 bridgehead atoms. The molecule has 1 aliphatic heterocycles. The molecule has 0 aliphatic carbocycles. The van der Waals surface area contributed by atoms with Crippen molar-refractivity contribution in [1.82, 2.24) is 10.3 Å². The molecule has 3 atom stereocenters. The fraction of sp³-hybridized carbons (Fsp3) is 0.206. The number of fused-ring (bicyclic) bond motifs is 1. The number of nitrogens with two attached hydrogens (primary N) is 1. The average molecular weight is 630 g/mol. The molecule has 9 nitrogen and oxygen atoms in total. The maximum Gasteiger partial charge on any atom is 0.389 e. The Labute approximate surface area is 262 Å². The SMILES string of the molecule is COc1cccc(N2C(=O)[C@@H](NC(=O)C(CCC(F)(F)F)C(C(N)=O)c3ccccc3)N=C(c3ccccc3)c3ccccc32)n1. The van der Waals surface area contributed by atoms with Crippen LogP contribution in [-0.2, 0) is 14.4 Å².